The second-order valence-corrected chi connectivity index (χ2v) is 7.71. The zero-order valence-electron chi connectivity index (χ0n) is 18.3. The summed E-state index contributed by atoms with van der Waals surface area (Å²) in [7, 11) is 1.57. The number of rotatable bonds is 9. The summed E-state index contributed by atoms with van der Waals surface area (Å²) in [5.41, 5.74) is 1.20. The first kappa shape index (κ1) is 23.7. The van der Waals surface area contributed by atoms with E-state index in [-0.39, 0.29) is 31.2 Å². The Balaban J connectivity index is 2.34. The van der Waals surface area contributed by atoms with Crippen LogP contribution in [0.15, 0.2) is 60.2 Å². The molecule has 2 rings (SSSR count). The number of methoxy groups -OCH3 is 1. The maximum atomic E-state index is 12.9. The Bertz CT molecular complexity index is 969. The number of nitriles is 1. The first-order valence-electron chi connectivity index (χ1n) is 9.98. The van der Waals surface area contributed by atoms with Crippen LogP contribution in [0.1, 0.15) is 38.3 Å². The summed E-state index contributed by atoms with van der Waals surface area (Å²) in [5.74, 6) is -0.379. The highest BCUT2D eigenvalue weighted by Crippen LogP contribution is 2.29. The van der Waals surface area contributed by atoms with Crippen molar-refractivity contribution in [2.75, 3.05) is 20.3 Å². The SMILES string of the molecule is CCC(=O)OCC(C)(C)COC(=O)/C(C#N)=C(/c1ccccc1)c1ccc(OC)cc1. The molecule has 0 aromatic heterocycles. The van der Waals surface area contributed by atoms with Crippen LogP contribution in [0.2, 0.25) is 0 Å². The predicted octanol–water partition coefficient (Wildman–Crippen LogP) is 4.54. The highest BCUT2D eigenvalue weighted by atomic mass is 16.5. The normalized spacial score (nSPS) is 11.7. The number of benzene rings is 2. The molecule has 0 N–H and O–H groups in total. The van der Waals surface area contributed by atoms with E-state index in [1.54, 1.807) is 38.3 Å². The summed E-state index contributed by atoms with van der Waals surface area (Å²) >= 11 is 0. The summed E-state index contributed by atoms with van der Waals surface area (Å²) in [6.07, 6.45) is 0.277. The molecule has 6 nitrogen and oxygen atoms in total. The Labute approximate surface area is 183 Å². The molecule has 6 heteroatoms. The first-order valence-corrected chi connectivity index (χ1v) is 9.98. The van der Waals surface area contributed by atoms with Crippen LogP contribution in [0.25, 0.3) is 5.57 Å². The van der Waals surface area contributed by atoms with Crippen LogP contribution >= 0.6 is 0 Å². The van der Waals surface area contributed by atoms with Gasteiger partial charge in [0.2, 0.25) is 0 Å². The summed E-state index contributed by atoms with van der Waals surface area (Å²) in [6.45, 7) is 5.46. The van der Waals surface area contributed by atoms with Crippen molar-refractivity contribution < 1.29 is 23.8 Å². The predicted molar refractivity (Wildman–Crippen MR) is 117 cm³/mol. The van der Waals surface area contributed by atoms with Gasteiger partial charge in [0.25, 0.3) is 0 Å². The number of ether oxygens (including phenoxy) is 3. The molecule has 0 aliphatic carbocycles. The molecule has 0 bridgehead atoms. The maximum Gasteiger partial charge on any atom is 0.349 e. The van der Waals surface area contributed by atoms with Gasteiger partial charge in [-0.05, 0) is 23.3 Å². The molecular formula is C25H27NO5. The van der Waals surface area contributed by atoms with E-state index in [2.05, 4.69) is 0 Å². The van der Waals surface area contributed by atoms with Gasteiger partial charge in [0.05, 0.1) is 13.7 Å². The van der Waals surface area contributed by atoms with Gasteiger partial charge in [-0.1, -0.05) is 63.2 Å². The van der Waals surface area contributed by atoms with Crippen molar-refractivity contribution in [3.05, 3.63) is 71.3 Å². The lowest BCUT2D eigenvalue weighted by atomic mass is 9.93. The Morgan fingerprint density at radius 3 is 2.06 bits per heavy atom. The maximum absolute atomic E-state index is 12.9. The number of esters is 2. The summed E-state index contributed by atoms with van der Waals surface area (Å²) in [5, 5.41) is 9.83. The number of hydrogen-bond acceptors (Lipinski definition) is 6. The van der Waals surface area contributed by atoms with E-state index in [9.17, 15) is 14.9 Å². The van der Waals surface area contributed by atoms with Crippen molar-refractivity contribution in [1.29, 1.82) is 5.26 Å². The van der Waals surface area contributed by atoms with Crippen molar-refractivity contribution in [2.45, 2.75) is 27.2 Å². The summed E-state index contributed by atoms with van der Waals surface area (Å²) in [4.78, 5) is 24.3. The van der Waals surface area contributed by atoms with Gasteiger partial charge in [-0.2, -0.15) is 5.26 Å². The average Bonchev–Trinajstić information content (AvgIpc) is 2.80. The van der Waals surface area contributed by atoms with Crippen LogP contribution < -0.4 is 4.74 Å². The molecular weight excluding hydrogens is 394 g/mol. The van der Waals surface area contributed by atoms with Crippen LogP contribution in [0.3, 0.4) is 0 Å². The molecule has 0 radical (unpaired) electrons. The van der Waals surface area contributed by atoms with Crippen LogP contribution in [-0.2, 0) is 19.1 Å². The molecule has 0 saturated heterocycles. The van der Waals surface area contributed by atoms with E-state index >= 15 is 0 Å². The van der Waals surface area contributed by atoms with E-state index in [1.807, 2.05) is 50.2 Å². The third-order valence-electron chi connectivity index (χ3n) is 4.51. The van der Waals surface area contributed by atoms with E-state index in [0.717, 1.165) is 5.56 Å². The smallest absolute Gasteiger partial charge is 0.349 e. The van der Waals surface area contributed by atoms with Crippen molar-refractivity contribution in [1.82, 2.24) is 0 Å². The Hall–Kier alpha value is -3.59. The van der Waals surface area contributed by atoms with Crippen molar-refractivity contribution in [2.24, 2.45) is 5.41 Å². The number of nitrogens with zero attached hydrogens (tertiary/aromatic N) is 1. The van der Waals surface area contributed by atoms with Gasteiger partial charge in [-0.15, -0.1) is 0 Å². The lowest BCUT2D eigenvalue weighted by Gasteiger charge is -2.23. The van der Waals surface area contributed by atoms with Gasteiger partial charge in [0.15, 0.2) is 0 Å². The molecule has 0 heterocycles. The molecule has 31 heavy (non-hydrogen) atoms. The highest BCUT2D eigenvalue weighted by Gasteiger charge is 2.26. The van der Waals surface area contributed by atoms with Crippen LogP contribution in [0.5, 0.6) is 5.75 Å². The molecule has 2 aromatic rings. The number of hydrogen-bond donors (Lipinski definition) is 0. The Kier molecular flexibility index (Phi) is 8.39. The minimum atomic E-state index is -0.730. The highest BCUT2D eigenvalue weighted by molar-refractivity contribution is 6.05. The molecule has 0 fully saturated rings. The first-order chi connectivity index (χ1) is 14.8. The lowest BCUT2D eigenvalue weighted by molar-refractivity contribution is -0.150. The lowest BCUT2D eigenvalue weighted by Crippen LogP contribution is -2.29. The third-order valence-corrected chi connectivity index (χ3v) is 4.51. The van der Waals surface area contributed by atoms with Gasteiger partial charge in [-0.3, -0.25) is 4.79 Å². The van der Waals surface area contributed by atoms with Crippen molar-refractivity contribution >= 4 is 17.5 Å². The topological polar surface area (TPSA) is 85.6 Å². The summed E-state index contributed by atoms with van der Waals surface area (Å²) < 4.78 is 15.8. The van der Waals surface area contributed by atoms with Crippen LogP contribution in [0.4, 0.5) is 0 Å². The van der Waals surface area contributed by atoms with Crippen LogP contribution in [0, 0.1) is 16.7 Å². The quantitative estimate of drug-likeness (QED) is 0.336. The monoisotopic (exact) mass is 421 g/mol. The molecule has 0 unspecified atom stereocenters. The standard InChI is InChI=1S/C25H27NO5/c1-5-22(27)30-16-25(2,3)17-31-24(28)21(15-26)23(18-9-7-6-8-10-18)19-11-13-20(29-4)14-12-19/h6-14H,5,16-17H2,1-4H3/b23-21-. The molecule has 2 aromatic carbocycles. The largest absolute Gasteiger partial charge is 0.497 e. The minimum Gasteiger partial charge on any atom is -0.497 e. The van der Waals surface area contributed by atoms with Gasteiger partial charge in [0.1, 0.15) is 24.0 Å². The molecule has 0 amide bonds. The molecule has 0 saturated carbocycles. The zero-order valence-corrected chi connectivity index (χ0v) is 18.3. The second-order valence-electron chi connectivity index (χ2n) is 7.71. The molecule has 0 atom stereocenters. The van der Waals surface area contributed by atoms with Crippen LogP contribution in [-0.4, -0.2) is 32.3 Å². The average molecular weight is 421 g/mol. The fourth-order valence-electron chi connectivity index (χ4n) is 2.77. The molecule has 0 aliphatic rings. The van der Waals surface area contributed by atoms with E-state index in [1.165, 1.54) is 0 Å². The van der Waals surface area contributed by atoms with Gasteiger partial charge < -0.3 is 14.2 Å². The van der Waals surface area contributed by atoms with Gasteiger partial charge >= 0.3 is 11.9 Å². The molecule has 162 valence electrons. The fraction of sp³-hybridized carbons (Fsp3) is 0.320. The molecule has 0 aliphatic heterocycles. The minimum absolute atomic E-state index is 0.00130. The Morgan fingerprint density at radius 1 is 0.935 bits per heavy atom. The fourth-order valence-corrected chi connectivity index (χ4v) is 2.77. The zero-order chi connectivity index (χ0) is 22.9. The van der Waals surface area contributed by atoms with Crippen molar-refractivity contribution in [3.63, 3.8) is 0 Å². The molecule has 0 spiro atoms. The van der Waals surface area contributed by atoms with E-state index < -0.39 is 11.4 Å². The van der Waals surface area contributed by atoms with Crippen molar-refractivity contribution in [3.8, 4) is 11.8 Å². The third kappa shape index (κ3) is 6.71. The van der Waals surface area contributed by atoms with Gasteiger partial charge in [0, 0.05) is 17.4 Å². The van der Waals surface area contributed by atoms with E-state index in [4.69, 9.17) is 14.2 Å². The number of carbonyl (C=O) groups is 2. The summed E-state index contributed by atoms with van der Waals surface area (Å²) in [6, 6.07) is 18.3. The van der Waals surface area contributed by atoms with E-state index in [0.29, 0.717) is 16.9 Å². The Morgan fingerprint density at radius 2 is 1.52 bits per heavy atom. The number of carbonyl (C=O) groups excluding carboxylic acids is 2. The second kappa shape index (κ2) is 11.0. The van der Waals surface area contributed by atoms with Gasteiger partial charge in [-0.25, -0.2) is 4.79 Å².